The molecule has 1 aromatic heterocycles. The van der Waals surface area contributed by atoms with Gasteiger partial charge in [-0.05, 0) is 30.7 Å². The van der Waals surface area contributed by atoms with E-state index < -0.39 is 17.6 Å². The number of H-pyrrole nitrogens is 1. The number of aromatic carboxylic acids is 1. The third-order valence-corrected chi connectivity index (χ3v) is 2.49. The highest BCUT2D eigenvalue weighted by atomic mass is 19.1. The van der Waals surface area contributed by atoms with Crippen LogP contribution in [-0.4, -0.2) is 26.8 Å². The molecule has 1 aromatic carbocycles. The van der Waals surface area contributed by atoms with E-state index in [4.69, 9.17) is 5.11 Å². The van der Waals surface area contributed by atoms with Gasteiger partial charge in [0, 0.05) is 5.56 Å². The van der Waals surface area contributed by atoms with Crippen LogP contribution in [0.2, 0.25) is 0 Å². The SMILES string of the molecule is Cc1cc(C(=O)c2nc[nH]c2C(=O)O)ccc1F. The Kier molecular flexibility index (Phi) is 2.93. The number of aromatic amines is 1. The van der Waals surface area contributed by atoms with E-state index in [1.807, 2.05) is 0 Å². The monoisotopic (exact) mass is 248 g/mol. The van der Waals surface area contributed by atoms with E-state index in [-0.39, 0.29) is 17.0 Å². The molecule has 0 saturated carbocycles. The van der Waals surface area contributed by atoms with E-state index in [9.17, 15) is 14.0 Å². The average molecular weight is 248 g/mol. The largest absolute Gasteiger partial charge is 0.477 e. The maximum Gasteiger partial charge on any atom is 0.354 e. The van der Waals surface area contributed by atoms with E-state index in [1.54, 1.807) is 0 Å². The zero-order valence-corrected chi connectivity index (χ0v) is 9.40. The number of imidazole rings is 1. The molecular weight excluding hydrogens is 239 g/mol. The van der Waals surface area contributed by atoms with Gasteiger partial charge in [0.2, 0.25) is 5.78 Å². The fraction of sp³-hybridized carbons (Fsp3) is 0.0833. The van der Waals surface area contributed by atoms with Crippen LogP contribution in [-0.2, 0) is 0 Å². The highest BCUT2D eigenvalue weighted by molar-refractivity contribution is 6.12. The maximum absolute atomic E-state index is 13.1. The van der Waals surface area contributed by atoms with Crippen molar-refractivity contribution in [1.82, 2.24) is 9.97 Å². The zero-order chi connectivity index (χ0) is 13.3. The summed E-state index contributed by atoms with van der Waals surface area (Å²) < 4.78 is 13.1. The summed E-state index contributed by atoms with van der Waals surface area (Å²) in [5.74, 6) is -2.25. The van der Waals surface area contributed by atoms with Crippen LogP contribution >= 0.6 is 0 Å². The Hall–Kier alpha value is -2.50. The number of nitrogens with one attached hydrogen (secondary N) is 1. The molecule has 92 valence electrons. The summed E-state index contributed by atoms with van der Waals surface area (Å²) in [7, 11) is 0. The Balaban J connectivity index is 2.45. The molecule has 6 heteroatoms. The van der Waals surface area contributed by atoms with Crippen molar-refractivity contribution in [2.45, 2.75) is 6.92 Å². The fourth-order valence-electron chi connectivity index (χ4n) is 1.55. The van der Waals surface area contributed by atoms with Crippen LogP contribution in [0.1, 0.15) is 32.1 Å². The Morgan fingerprint density at radius 3 is 2.72 bits per heavy atom. The number of aryl methyl sites for hydroxylation is 1. The third-order valence-electron chi connectivity index (χ3n) is 2.49. The number of rotatable bonds is 3. The summed E-state index contributed by atoms with van der Waals surface area (Å²) in [6.45, 7) is 1.52. The van der Waals surface area contributed by atoms with Crippen molar-refractivity contribution >= 4 is 11.8 Å². The molecule has 0 aliphatic heterocycles. The van der Waals surface area contributed by atoms with Crippen molar-refractivity contribution in [3.63, 3.8) is 0 Å². The van der Waals surface area contributed by atoms with Crippen molar-refractivity contribution in [2.24, 2.45) is 0 Å². The molecule has 0 fully saturated rings. The number of carbonyl (C=O) groups excluding carboxylic acids is 1. The van der Waals surface area contributed by atoms with Gasteiger partial charge in [-0.2, -0.15) is 0 Å². The summed E-state index contributed by atoms with van der Waals surface area (Å²) in [6, 6.07) is 3.82. The molecule has 0 aliphatic rings. The molecule has 2 aromatic rings. The van der Waals surface area contributed by atoms with Crippen LogP contribution in [0.5, 0.6) is 0 Å². The number of halogens is 1. The number of benzene rings is 1. The van der Waals surface area contributed by atoms with Gasteiger partial charge < -0.3 is 10.1 Å². The Labute approximate surface area is 101 Å². The lowest BCUT2D eigenvalue weighted by Crippen LogP contribution is -2.10. The molecule has 5 nitrogen and oxygen atoms in total. The molecule has 2 rings (SSSR count). The van der Waals surface area contributed by atoms with Gasteiger partial charge in [0.15, 0.2) is 5.69 Å². The topological polar surface area (TPSA) is 83.0 Å². The number of nitrogens with zero attached hydrogens (tertiary/aromatic N) is 1. The number of hydrogen-bond acceptors (Lipinski definition) is 3. The number of carbonyl (C=O) groups is 2. The van der Waals surface area contributed by atoms with E-state index >= 15 is 0 Å². The second kappa shape index (κ2) is 4.40. The minimum Gasteiger partial charge on any atom is -0.477 e. The van der Waals surface area contributed by atoms with Gasteiger partial charge in [-0.15, -0.1) is 0 Å². The average Bonchev–Trinajstić information content (AvgIpc) is 2.81. The van der Waals surface area contributed by atoms with Gasteiger partial charge in [-0.3, -0.25) is 4.79 Å². The molecule has 0 spiro atoms. The molecule has 0 amide bonds. The van der Waals surface area contributed by atoms with Gasteiger partial charge >= 0.3 is 5.97 Å². The summed E-state index contributed by atoms with van der Waals surface area (Å²) in [5.41, 5.74) is 0.0484. The smallest absolute Gasteiger partial charge is 0.354 e. The summed E-state index contributed by atoms with van der Waals surface area (Å²) >= 11 is 0. The van der Waals surface area contributed by atoms with Crippen LogP contribution in [0.15, 0.2) is 24.5 Å². The first kappa shape index (κ1) is 12.0. The second-order valence-electron chi connectivity index (χ2n) is 3.72. The normalized spacial score (nSPS) is 10.3. The lowest BCUT2D eigenvalue weighted by atomic mass is 10.0. The van der Waals surface area contributed by atoms with E-state index in [0.29, 0.717) is 5.56 Å². The number of aromatic nitrogens is 2. The fourth-order valence-corrected chi connectivity index (χ4v) is 1.55. The van der Waals surface area contributed by atoms with Crippen molar-refractivity contribution in [2.75, 3.05) is 0 Å². The highest BCUT2D eigenvalue weighted by Crippen LogP contribution is 2.14. The van der Waals surface area contributed by atoms with Crippen LogP contribution in [0.4, 0.5) is 4.39 Å². The van der Waals surface area contributed by atoms with E-state index in [1.165, 1.54) is 19.1 Å². The molecule has 0 bridgehead atoms. The molecule has 2 N–H and O–H groups in total. The highest BCUT2D eigenvalue weighted by Gasteiger charge is 2.21. The zero-order valence-electron chi connectivity index (χ0n) is 9.40. The molecule has 1 heterocycles. The predicted octanol–water partition coefficient (Wildman–Crippen LogP) is 1.79. The second-order valence-corrected chi connectivity index (χ2v) is 3.72. The van der Waals surface area contributed by atoms with Crippen LogP contribution in [0.3, 0.4) is 0 Å². The molecule has 0 saturated heterocycles. The van der Waals surface area contributed by atoms with Crippen molar-refractivity contribution in [3.05, 3.63) is 52.9 Å². The standard InChI is InChI=1S/C12H9FN2O3/c1-6-4-7(2-3-8(6)13)11(16)9-10(12(17)18)15-5-14-9/h2-5H,1H3,(H,14,15)(H,17,18). The minimum absolute atomic E-state index is 0.187. The van der Waals surface area contributed by atoms with Crippen molar-refractivity contribution in [1.29, 1.82) is 0 Å². The van der Waals surface area contributed by atoms with Gasteiger partial charge in [0.1, 0.15) is 11.5 Å². The minimum atomic E-state index is -1.27. The van der Waals surface area contributed by atoms with Crippen LogP contribution in [0, 0.1) is 12.7 Å². The lowest BCUT2D eigenvalue weighted by molar-refractivity contribution is 0.0687. The summed E-state index contributed by atoms with van der Waals surface area (Å²) in [5, 5.41) is 8.87. The lowest BCUT2D eigenvalue weighted by Gasteiger charge is -2.01. The van der Waals surface area contributed by atoms with Crippen LogP contribution < -0.4 is 0 Å². The van der Waals surface area contributed by atoms with Crippen LogP contribution in [0.25, 0.3) is 0 Å². The van der Waals surface area contributed by atoms with Crippen molar-refractivity contribution in [3.8, 4) is 0 Å². The Morgan fingerprint density at radius 2 is 2.11 bits per heavy atom. The van der Waals surface area contributed by atoms with Gasteiger partial charge in [-0.1, -0.05) is 0 Å². The number of ketones is 1. The molecule has 0 unspecified atom stereocenters. The Bertz CT molecular complexity index is 634. The molecule has 0 radical (unpaired) electrons. The first-order valence-corrected chi connectivity index (χ1v) is 5.08. The first-order valence-electron chi connectivity index (χ1n) is 5.08. The third kappa shape index (κ3) is 2.00. The van der Waals surface area contributed by atoms with E-state index in [2.05, 4.69) is 9.97 Å². The maximum atomic E-state index is 13.1. The molecule has 0 atom stereocenters. The molecule has 18 heavy (non-hydrogen) atoms. The number of carboxylic acid groups (broad SMARTS) is 1. The van der Waals surface area contributed by atoms with Gasteiger partial charge in [-0.25, -0.2) is 14.2 Å². The number of carboxylic acids is 1. The first-order chi connectivity index (χ1) is 8.50. The molecule has 0 aliphatic carbocycles. The Morgan fingerprint density at radius 1 is 1.39 bits per heavy atom. The summed E-state index contributed by atoms with van der Waals surface area (Å²) in [6.07, 6.45) is 1.13. The number of hydrogen-bond donors (Lipinski definition) is 2. The van der Waals surface area contributed by atoms with Gasteiger partial charge in [0.25, 0.3) is 0 Å². The van der Waals surface area contributed by atoms with Crippen molar-refractivity contribution < 1.29 is 19.1 Å². The quantitative estimate of drug-likeness (QED) is 0.811. The summed E-state index contributed by atoms with van der Waals surface area (Å²) in [4.78, 5) is 28.9. The molecular formula is C12H9FN2O3. The predicted molar refractivity (Wildman–Crippen MR) is 60.1 cm³/mol. The van der Waals surface area contributed by atoms with Gasteiger partial charge in [0.05, 0.1) is 6.33 Å². The van der Waals surface area contributed by atoms with E-state index in [0.717, 1.165) is 12.4 Å².